The summed E-state index contributed by atoms with van der Waals surface area (Å²) in [7, 11) is -4.28. The molecule has 0 heterocycles. The number of hydrogen-bond acceptors (Lipinski definition) is 3. The average Bonchev–Trinajstić information content (AvgIpc) is 2.42. The van der Waals surface area contributed by atoms with Crippen molar-refractivity contribution in [2.45, 2.75) is 4.90 Å². The number of carboxylic acid groups (broad SMARTS) is 1. The Morgan fingerprint density at radius 3 is 2.36 bits per heavy atom. The van der Waals surface area contributed by atoms with Gasteiger partial charge in [-0.1, -0.05) is 11.6 Å². The first-order valence-electron chi connectivity index (χ1n) is 5.71. The third kappa shape index (κ3) is 3.34. The van der Waals surface area contributed by atoms with E-state index in [-0.39, 0.29) is 10.7 Å². The Kier molecular flexibility index (Phi) is 4.34. The molecule has 0 aliphatic carbocycles. The molecule has 2 rings (SSSR count). The van der Waals surface area contributed by atoms with Crippen LogP contribution in [0.25, 0.3) is 0 Å². The largest absolute Gasteiger partial charge is 0.478 e. The Bertz CT molecular complexity index is 855. The molecule has 0 aromatic heterocycles. The molecule has 0 unspecified atom stereocenters. The molecule has 5 nitrogen and oxygen atoms in total. The maximum absolute atomic E-state index is 13.6. The number of rotatable bonds is 4. The summed E-state index contributed by atoms with van der Waals surface area (Å²) in [6.07, 6.45) is 0. The summed E-state index contributed by atoms with van der Waals surface area (Å²) < 4.78 is 53.0. The van der Waals surface area contributed by atoms with Crippen LogP contribution in [0.15, 0.2) is 41.3 Å². The minimum atomic E-state index is -4.28. The van der Waals surface area contributed by atoms with Gasteiger partial charge in [-0.15, -0.1) is 0 Å². The van der Waals surface area contributed by atoms with Crippen molar-refractivity contribution in [2.24, 2.45) is 0 Å². The summed E-state index contributed by atoms with van der Waals surface area (Å²) in [4.78, 5) is 10.3. The van der Waals surface area contributed by atoms with Crippen LogP contribution in [0.3, 0.4) is 0 Å². The Morgan fingerprint density at radius 1 is 1.09 bits per heavy atom. The van der Waals surface area contributed by atoms with E-state index in [0.717, 1.165) is 18.2 Å². The van der Waals surface area contributed by atoms with Crippen molar-refractivity contribution in [2.75, 3.05) is 4.72 Å². The third-order valence-electron chi connectivity index (χ3n) is 2.65. The van der Waals surface area contributed by atoms with Gasteiger partial charge in [-0.2, -0.15) is 0 Å². The van der Waals surface area contributed by atoms with Crippen LogP contribution in [0, 0.1) is 11.6 Å². The number of hydrogen-bond donors (Lipinski definition) is 2. The van der Waals surface area contributed by atoms with Crippen LogP contribution in [0.4, 0.5) is 14.5 Å². The molecule has 0 bridgehead atoms. The van der Waals surface area contributed by atoms with Crippen molar-refractivity contribution < 1.29 is 27.1 Å². The zero-order valence-electron chi connectivity index (χ0n) is 10.7. The van der Waals surface area contributed by atoms with Crippen molar-refractivity contribution in [3.8, 4) is 0 Å². The van der Waals surface area contributed by atoms with E-state index in [9.17, 15) is 22.0 Å². The van der Waals surface area contributed by atoms with Gasteiger partial charge in [-0.05, 0) is 36.4 Å². The zero-order valence-corrected chi connectivity index (χ0v) is 12.3. The van der Waals surface area contributed by atoms with Crippen LogP contribution < -0.4 is 4.72 Å². The Balaban J connectivity index is 2.42. The molecule has 116 valence electrons. The second kappa shape index (κ2) is 5.90. The fourth-order valence-electron chi connectivity index (χ4n) is 1.61. The number of sulfonamides is 1. The van der Waals surface area contributed by atoms with Crippen molar-refractivity contribution in [3.63, 3.8) is 0 Å². The number of benzene rings is 2. The van der Waals surface area contributed by atoms with Crippen LogP contribution in [0.5, 0.6) is 0 Å². The first-order chi connectivity index (χ1) is 10.2. The minimum Gasteiger partial charge on any atom is -0.478 e. The van der Waals surface area contributed by atoms with E-state index in [2.05, 4.69) is 0 Å². The molecular weight excluding hydrogens is 340 g/mol. The average molecular weight is 348 g/mol. The van der Waals surface area contributed by atoms with E-state index in [0.29, 0.717) is 12.1 Å². The predicted octanol–water partition coefficient (Wildman–Crippen LogP) is 3.12. The van der Waals surface area contributed by atoms with E-state index in [4.69, 9.17) is 16.7 Å². The van der Waals surface area contributed by atoms with Gasteiger partial charge < -0.3 is 5.11 Å². The monoisotopic (exact) mass is 347 g/mol. The first kappa shape index (κ1) is 16.2. The smallest absolute Gasteiger partial charge is 0.338 e. The van der Waals surface area contributed by atoms with E-state index >= 15 is 0 Å². The van der Waals surface area contributed by atoms with Gasteiger partial charge in [0.05, 0.1) is 16.1 Å². The van der Waals surface area contributed by atoms with Gasteiger partial charge in [0.1, 0.15) is 11.6 Å². The lowest BCUT2D eigenvalue weighted by Crippen LogP contribution is -2.15. The van der Waals surface area contributed by atoms with Gasteiger partial charge in [0.25, 0.3) is 10.0 Å². The molecule has 2 N–H and O–H groups in total. The molecule has 0 saturated carbocycles. The van der Waals surface area contributed by atoms with E-state index < -0.39 is 38.1 Å². The molecule has 0 atom stereocenters. The molecule has 0 amide bonds. The normalized spacial score (nSPS) is 11.2. The summed E-state index contributed by atoms with van der Waals surface area (Å²) in [6.45, 7) is 0. The van der Waals surface area contributed by atoms with Gasteiger partial charge in [0.15, 0.2) is 0 Å². The number of aromatic carboxylic acids is 1. The fraction of sp³-hybridized carbons (Fsp3) is 0. The van der Waals surface area contributed by atoms with Crippen molar-refractivity contribution in [1.82, 2.24) is 0 Å². The fourth-order valence-corrected chi connectivity index (χ4v) is 2.86. The first-order valence-corrected chi connectivity index (χ1v) is 7.57. The van der Waals surface area contributed by atoms with Crippen LogP contribution in [-0.2, 0) is 10.0 Å². The lowest BCUT2D eigenvalue weighted by Gasteiger charge is -2.10. The lowest BCUT2D eigenvalue weighted by molar-refractivity contribution is 0.0691. The molecule has 22 heavy (non-hydrogen) atoms. The van der Waals surface area contributed by atoms with Gasteiger partial charge in [0.2, 0.25) is 0 Å². The number of anilines is 1. The summed E-state index contributed by atoms with van der Waals surface area (Å²) >= 11 is 5.55. The Morgan fingerprint density at radius 2 is 1.77 bits per heavy atom. The summed E-state index contributed by atoms with van der Waals surface area (Å²) in [6, 6.07) is 5.52. The second-order valence-corrected chi connectivity index (χ2v) is 6.30. The number of carbonyl (C=O) groups is 1. The van der Waals surface area contributed by atoms with Gasteiger partial charge >= 0.3 is 5.97 Å². The molecule has 0 radical (unpaired) electrons. The van der Waals surface area contributed by atoms with E-state index in [1.807, 2.05) is 4.72 Å². The molecule has 0 saturated heterocycles. The number of carboxylic acids is 1. The number of halogens is 3. The highest BCUT2D eigenvalue weighted by atomic mass is 35.5. The summed E-state index contributed by atoms with van der Waals surface area (Å²) in [5, 5.41) is 8.87. The molecular formula is C13H8ClF2NO4S. The lowest BCUT2D eigenvalue weighted by atomic mass is 10.2. The highest BCUT2D eigenvalue weighted by Gasteiger charge is 2.20. The summed E-state index contributed by atoms with van der Waals surface area (Å²) in [5.41, 5.74) is -1.18. The van der Waals surface area contributed by atoms with Crippen LogP contribution >= 0.6 is 11.6 Å². The van der Waals surface area contributed by atoms with Crippen molar-refractivity contribution in [1.29, 1.82) is 0 Å². The Hall–Kier alpha value is -2.19. The molecule has 9 heteroatoms. The van der Waals surface area contributed by atoms with Crippen LogP contribution in [0.2, 0.25) is 5.02 Å². The van der Waals surface area contributed by atoms with Gasteiger partial charge in [0, 0.05) is 5.02 Å². The standard InChI is InChI=1S/C13H8ClF2NO4S/c14-7-1-4-12(11(16)5-7)17-22(20,21)8-2-3-10(15)9(6-8)13(18)19/h1-6,17H,(H,18,19). The second-order valence-electron chi connectivity index (χ2n) is 4.18. The molecule has 0 spiro atoms. The Labute approximate surface area is 129 Å². The zero-order chi connectivity index (χ0) is 16.5. The highest BCUT2D eigenvalue weighted by Crippen LogP contribution is 2.23. The van der Waals surface area contributed by atoms with Crippen molar-refractivity contribution >= 4 is 33.3 Å². The summed E-state index contributed by atoms with van der Waals surface area (Å²) in [5.74, 6) is -3.60. The molecule has 0 aliphatic rings. The minimum absolute atomic E-state index is 0.0791. The SMILES string of the molecule is O=C(O)c1cc(S(=O)(=O)Nc2ccc(Cl)cc2F)ccc1F. The number of nitrogens with one attached hydrogen (secondary N) is 1. The predicted molar refractivity (Wildman–Crippen MR) is 75.6 cm³/mol. The molecule has 0 fully saturated rings. The maximum Gasteiger partial charge on any atom is 0.338 e. The highest BCUT2D eigenvalue weighted by molar-refractivity contribution is 7.92. The molecule has 2 aromatic carbocycles. The van der Waals surface area contributed by atoms with E-state index in [1.165, 1.54) is 6.07 Å². The topological polar surface area (TPSA) is 83.5 Å². The van der Waals surface area contributed by atoms with Gasteiger partial charge in [-0.25, -0.2) is 22.0 Å². The quantitative estimate of drug-likeness (QED) is 0.890. The molecule has 2 aromatic rings. The molecule has 0 aliphatic heterocycles. The maximum atomic E-state index is 13.6. The van der Waals surface area contributed by atoms with Crippen LogP contribution in [-0.4, -0.2) is 19.5 Å². The van der Waals surface area contributed by atoms with Gasteiger partial charge in [-0.3, -0.25) is 4.72 Å². The van der Waals surface area contributed by atoms with Crippen LogP contribution in [0.1, 0.15) is 10.4 Å². The van der Waals surface area contributed by atoms with E-state index in [1.54, 1.807) is 0 Å². The third-order valence-corrected chi connectivity index (χ3v) is 4.25. The van der Waals surface area contributed by atoms with Crippen molar-refractivity contribution in [3.05, 3.63) is 58.6 Å².